The molecular formula is C15H15F2NO. The van der Waals surface area contributed by atoms with Crippen molar-refractivity contribution in [2.24, 2.45) is 0 Å². The van der Waals surface area contributed by atoms with Gasteiger partial charge in [0.05, 0.1) is 5.69 Å². The second-order valence-corrected chi connectivity index (χ2v) is 4.17. The summed E-state index contributed by atoms with van der Waals surface area (Å²) in [4.78, 5) is 4.53. The summed E-state index contributed by atoms with van der Waals surface area (Å²) in [7, 11) is 0. The van der Waals surface area contributed by atoms with E-state index in [4.69, 9.17) is 0 Å². The summed E-state index contributed by atoms with van der Waals surface area (Å²) in [5, 5.41) is 0. The van der Waals surface area contributed by atoms with Gasteiger partial charge in [-0.25, -0.2) is 0 Å². The van der Waals surface area contributed by atoms with Gasteiger partial charge in [0.15, 0.2) is 0 Å². The maximum Gasteiger partial charge on any atom is 0.387 e. The molecule has 0 bridgehead atoms. The van der Waals surface area contributed by atoms with Crippen LogP contribution in [0, 0.1) is 0 Å². The number of alkyl halides is 2. The van der Waals surface area contributed by atoms with Gasteiger partial charge in [0.25, 0.3) is 0 Å². The van der Waals surface area contributed by atoms with Crippen molar-refractivity contribution in [3.63, 3.8) is 0 Å². The first-order valence-electron chi connectivity index (χ1n) is 6.20. The lowest BCUT2D eigenvalue weighted by Crippen LogP contribution is -2.01. The molecule has 2 aromatic rings. The van der Waals surface area contributed by atoms with Gasteiger partial charge in [-0.05, 0) is 42.8 Å². The summed E-state index contributed by atoms with van der Waals surface area (Å²) in [5.74, 6) is 0.156. The number of halogens is 2. The molecule has 0 saturated heterocycles. The molecule has 4 heteroatoms. The van der Waals surface area contributed by atoms with Crippen LogP contribution in [0.4, 0.5) is 8.78 Å². The molecule has 0 aliphatic carbocycles. The molecule has 0 spiro atoms. The van der Waals surface area contributed by atoms with Gasteiger partial charge in [0.1, 0.15) is 5.75 Å². The van der Waals surface area contributed by atoms with Crippen molar-refractivity contribution in [2.75, 3.05) is 0 Å². The van der Waals surface area contributed by atoms with Crippen LogP contribution in [0.2, 0.25) is 0 Å². The Kier molecular flexibility index (Phi) is 4.44. The molecule has 1 heterocycles. The lowest BCUT2D eigenvalue weighted by molar-refractivity contribution is -0.0498. The molecule has 19 heavy (non-hydrogen) atoms. The quantitative estimate of drug-likeness (QED) is 0.802. The van der Waals surface area contributed by atoms with E-state index in [2.05, 4.69) is 16.6 Å². The van der Waals surface area contributed by atoms with Gasteiger partial charge in [0.2, 0.25) is 0 Å². The Hall–Kier alpha value is -1.97. The second kappa shape index (κ2) is 6.27. The molecule has 1 aromatic heterocycles. The summed E-state index contributed by atoms with van der Waals surface area (Å²) >= 11 is 0. The van der Waals surface area contributed by atoms with Crippen LogP contribution in [0.25, 0.3) is 11.3 Å². The fourth-order valence-electron chi connectivity index (χ4n) is 1.84. The molecule has 0 atom stereocenters. The molecule has 0 amide bonds. The number of aromatic nitrogens is 1. The van der Waals surface area contributed by atoms with Gasteiger partial charge in [-0.15, -0.1) is 0 Å². The van der Waals surface area contributed by atoms with Crippen LogP contribution in [-0.4, -0.2) is 11.6 Å². The highest BCUT2D eigenvalue weighted by Gasteiger charge is 2.05. The fraction of sp³-hybridized carbons (Fsp3) is 0.267. The topological polar surface area (TPSA) is 22.1 Å². The van der Waals surface area contributed by atoms with Crippen LogP contribution in [0.1, 0.15) is 19.0 Å². The third-order valence-electron chi connectivity index (χ3n) is 2.69. The van der Waals surface area contributed by atoms with Crippen LogP contribution < -0.4 is 4.74 Å². The van der Waals surface area contributed by atoms with E-state index in [9.17, 15) is 8.78 Å². The Morgan fingerprint density at radius 3 is 2.47 bits per heavy atom. The summed E-state index contributed by atoms with van der Waals surface area (Å²) in [5.41, 5.74) is 2.77. The maximum absolute atomic E-state index is 12.0. The number of ether oxygens (including phenoxy) is 1. The molecular weight excluding hydrogens is 248 g/mol. The lowest BCUT2D eigenvalue weighted by Gasteiger charge is -2.06. The highest BCUT2D eigenvalue weighted by molar-refractivity contribution is 5.60. The predicted molar refractivity (Wildman–Crippen MR) is 70.3 cm³/mol. The zero-order valence-corrected chi connectivity index (χ0v) is 10.6. The van der Waals surface area contributed by atoms with Crippen molar-refractivity contribution in [1.82, 2.24) is 4.98 Å². The van der Waals surface area contributed by atoms with Crippen LogP contribution >= 0.6 is 0 Å². The van der Waals surface area contributed by atoms with Crippen molar-refractivity contribution >= 4 is 0 Å². The third kappa shape index (κ3) is 3.74. The lowest BCUT2D eigenvalue weighted by atomic mass is 10.1. The molecule has 2 rings (SSSR count). The predicted octanol–water partition coefficient (Wildman–Crippen LogP) is 4.30. The first-order chi connectivity index (χ1) is 9.19. The van der Waals surface area contributed by atoms with Crippen molar-refractivity contribution in [3.05, 3.63) is 48.2 Å². The third-order valence-corrected chi connectivity index (χ3v) is 2.69. The first kappa shape index (κ1) is 13.5. The number of nitrogens with zero attached hydrogens (tertiary/aromatic N) is 1. The molecule has 100 valence electrons. The average molecular weight is 263 g/mol. The fourth-order valence-corrected chi connectivity index (χ4v) is 1.84. The van der Waals surface area contributed by atoms with Crippen LogP contribution in [0.3, 0.4) is 0 Å². The Labute approximate surface area is 111 Å². The molecule has 1 aromatic carbocycles. The van der Waals surface area contributed by atoms with Crippen molar-refractivity contribution in [2.45, 2.75) is 26.4 Å². The van der Waals surface area contributed by atoms with Crippen LogP contribution in [0.5, 0.6) is 5.75 Å². The van der Waals surface area contributed by atoms with Crippen molar-refractivity contribution < 1.29 is 13.5 Å². The van der Waals surface area contributed by atoms with E-state index >= 15 is 0 Å². The monoisotopic (exact) mass is 263 g/mol. The van der Waals surface area contributed by atoms with E-state index in [0.29, 0.717) is 0 Å². The molecule has 0 fully saturated rings. The van der Waals surface area contributed by atoms with Gasteiger partial charge >= 0.3 is 6.61 Å². The molecule has 2 nitrogen and oxygen atoms in total. The van der Waals surface area contributed by atoms with E-state index in [-0.39, 0.29) is 5.75 Å². The number of rotatable bonds is 5. The minimum Gasteiger partial charge on any atom is -0.435 e. The van der Waals surface area contributed by atoms with Crippen molar-refractivity contribution in [3.8, 4) is 17.0 Å². The summed E-state index contributed by atoms with van der Waals surface area (Å²) in [6.07, 6.45) is 1.97. The van der Waals surface area contributed by atoms with Crippen LogP contribution in [-0.2, 0) is 6.42 Å². The van der Waals surface area contributed by atoms with E-state index in [1.165, 1.54) is 12.1 Å². The van der Waals surface area contributed by atoms with Gasteiger partial charge in [-0.1, -0.05) is 19.4 Å². The molecule has 0 aliphatic rings. The first-order valence-corrected chi connectivity index (χ1v) is 6.20. The summed E-state index contributed by atoms with van der Waals surface area (Å²) in [6.45, 7) is -0.693. The average Bonchev–Trinajstić information content (AvgIpc) is 2.40. The Bertz CT molecular complexity index is 526. The molecule has 0 saturated carbocycles. The van der Waals surface area contributed by atoms with E-state index in [0.717, 1.165) is 29.8 Å². The molecule has 0 unspecified atom stereocenters. The largest absolute Gasteiger partial charge is 0.435 e. The SMILES string of the molecule is CCCc1cccc(-c2ccc(OC(F)F)cc2)n1. The maximum atomic E-state index is 12.0. The summed E-state index contributed by atoms with van der Waals surface area (Å²) < 4.78 is 28.4. The Morgan fingerprint density at radius 2 is 1.84 bits per heavy atom. The van der Waals surface area contributed by atoms with E-state index < -0.39 is 6.61 Å². The second-order valence-electron chi connectivity index (χ2n) is 4.17. The zero-order valence-electron chi connectivity index (χ0n) is 10.6. The minimum atomic E-state index is -2.79. The Morgan fingerprint density at radius 1 is 1.11 bits per heavy atom. The molecule has 0 N–H and O–H groups in total. The summed E-state index contributed by atoms with van der Waals surface area (Å²) in [6, 6.07) is 12.4. The standard InChI is InChI=1S/C15H15F2NO/c1-2-4-12-5-3-6-14(18-12)11-7-9-13(10-8-11)19-15(16)17/h3,5-10,15H,2,4H2,1H3. The van der Waals surface area contributed by atoms with Crippen LogP contribution in [0.15, 0.2) is 42.5 Å². The van der Waals surface area contributed by atoms with Gasteiger partial charge in [-0.3, -0.25) is 4.98 Å². The van der Waals surface area contributed by atoms with Gasteiger partial charge < -0.3 is 4.74 Å². The Balaban J connectivity index is 2.19. The normalized spacial score (nSPS) is 10.7. The highest BCUT2D eigenvalue weighted by atomic mass is 19.3. The number of benzene rings is 1. The number of aryl methyl sites for hydroxylation is 1. The molecule has 0 aliphatic heterocycles. The van der Waals surface area contributed by atoms with Gasteiger partial charge in [0, 0.05) is 11.3 Å². The van der Waals surface area contributed by atoms with E-state index in [1.807, 2.05) is 18.2 Å². The van der Waals surface area contributed by atoms with Gasteiger partial charge in [-0.2, -0.15) is 8.78 Å². The zero-order chi connectivity index (χ0) is 13.7. The molecule has 0 radical (unpaired) electrons. The smallest absolute Gasteiger partial charge is 0.387 e. The number of hydrogen-bond donors (Lipinski definition) is 0. The van der Waals surface area contributed by atoms with E-state index in [1.54, 1.807) is 12.1 Å². The highest BCUT2D eigenvalue weighted by Crippen LogP contribution is 2.22. The number of hydrogen-bond acceptors (Lipinski definition) is 2. The number of pyridine rings is 1. The minimum absolute atomic E-state index is 0.156. The van der Waals surface area contributed by atoms with Crippen molar-refractivity contribution in [1.29, 1.82) is 0 Å².